The average molecular weight is 505 g/mol. The number of aliphatic imine (C=N–C) groups is 1. The SMILES string of the molecule is COC(=O)C1C(C)=NC(C)=C(C(=O)OCCN2C(=O)c3ccccc3C2=O)C1c1cccc([N+](=O)[O-])c1. The van der Waals surface area contributed by atoms with Gasteiger partial charge in [-0.2, -0.15) is 0 Å². The van der Waals surface area contributed by atoms with Crippen molar-refractivity contribution in [3.63, 3.8) is 0 Å². The fraction of sp³-hybridized carbons (Fsp3) is 0.269. The minimum atomic E-state index is -1.02. The molecule has 0 N–H and O–H groups in total. The molecule has 0 spiro atoms. The lowest BCUT2D eigenvalue weighted by Gasteiger charge is -2.31. The summed E-state index contributed by atoms with van der Waals surface area (Å²) in [6.45, 7) is 2.71. The van der Waals surface area contributed by atoms with Crippen LogP contribution < -0.4 is 0 Å². The van der Waals surface area contributed by atoms with Gasteiger partial charge in [0.15, 0.2) is 0 Å². The van der Waals surface area contributed by atoms with Crippen LogP contribution in [-0.2, 0) is 19.1 Å². The van der Waals surface area contributed by atoms with Crippen molar-refractivity contribution in [2.45, 2.75) is 19.8 Å². The van der Waals surface area contributed by atoms with Crippen molar-refractivity contribution in [1.29, 1.82) is 0 Å². The van der Waals surface area contributed by atoms with Crippen LogP contribution in [0.15, 0.2) is 64.8 Å². The summed E-state index contributed by atoms with van der Waals surface area (Å²) in [5, 5.41) is 11.4. The molecular formula is C26H23N3O8. The van der Waals surface area contributed by atoms with E-state index < -0.39 is 40.5 Å². The molecular weight excluding hydrogens is 482 g/mol. The zero-order valence-corrected chi connectivity index (χ0v) is 20.3. The van der Waals surface area contributed by atoms with Crippen molar-refractivity contribution >= 4 is 35.2 Å². The van der Waals surface area contributed by atoms with Crippen molar-refractivity contribution in [3.8, 4) is 0 Å². The number of fused-ring (bicyclic) bond motifs is 1. The highest BCUT2D eigenvalue weighted by Gasteiger charge is 2.43. The number of nitrogens with zero attached hydrogens (tertiary/aromatic N) is 3. The highest BCUT2D eigenvalue weighted by atomic mass is 16.6. The van der Waals surface area contributed by atoms with Gasteiger partial charge in [0.05, 0.1) is 35.3 Å². The van der Waals surface area contributed by atoms with Gasteiger partial charge in [-0.05, 0) is 31.5 Å². The summed E-state index contributed by atoms with van der Waals surface area (Å²) in [6, 6.07) is 12.0. The molecule has 2 unspecified atom stereocenters. The molecule has 2 aromatic carbocycles. The molecule has 11 nitrogen and oxygen atoms in total. The van der Waals surface area contributed by atoms with Crippen LogP contribution in [0.25, 0.3) is 0 Å². The summed E-state index contributed by atoms with van der Waals surface area (Å²) >= 11 is 0. The Hall–Kier alpha value is -4.67. The summed E-state index contributed by atoms with van der Waals surface area (Å²) < 4.78 is 10.4. The van der Waals surface area contributed by atoms with Crippen molar-refractivity contribution in [1.82, 2.24) is 4.90 Å². The van der Waals surface area contributed by atoms with Crippen molar-refractivity contribution in [3.05, 3.63) is 86.6 Å². The third kappa shape index (κ3) is 4.63. The van der Waals surface area contributed by atoms with Crippen LogP contribution in [0.3, 0.4) is 0 Å². The standard InChI is InChI=1S/C26H23N3O8/c1-14-20(25(32)36-3)22(16-7-6-8-17(13-16)29(34)35)21(15(2)27-14)26(33)37-12-11-28-23(30)18-9-4-5-10-19(18)24(28)31/h4-10,13,20,22H,11-12H2,1-3H3. The monoisotopic (exact) mass is 505 g/mol. The summed E-state index contributed by atoms with van der Waals surface area (Å²) in [5.41, 5.74) is 1.37. The first-order chi connectivity index (χ1) is 17.6. The number of benzene rings is 2. The minimum absolute atomic E-state index is 0.0314. The van der Waals surface area contributed by atoms with E-state index in [2.05, 4.69) is 4.99 Å². The number of esters is 2. The number of allylic oxidation sites excluding steroid dienone is 1. The molecule has 2 aliphatic heterocycles. The first-order valence-corrected chi connectivity index (χ1v) is 11.4. The Kier molecular flexibility index (Phi) is 6.96. The quantitative estimate of drug-likeness (QED) is 0.242. The van der Waals surface area contributed by atoms with E-state index >= 15 is 0 Å². The molecule has 2 atom stereocenters. The molecule has 190 valence electrons. The van der Waals surface area contributed by atoms with Crippen molar-refractivity contribution in [2.24, 2.45) is 10.9 Å². The smallest absolute Gasteiger partial charge is 0.336 e. The van der Waals surface area contributed by atoms with Gasteiger partial charge in [-0.15, -0.1) is 0 Å². The summed E-state index contributed by atoms with van der Waals surface area (Å²) in [7, 11) is 1.20. The molecule has 0 aromatic heterocycles. The van der Waals surface area contributed by atoms with Gasteiger partial charge in [0.25, 0.3) is 17.5 Å². The molecule has 0 bridgehead atoms. The first kappa shape index (κ1) is 25.4. The molecule has 2 aromatic rings. The van der Waals surface area contributed by atoms with Crippen molar-refractivity contribution in [2.75, 3.05) is 20.3 Å². The van der Waals surface area contributed by atoms with Crippen molar-refractivity contribution < 1.29 is 33.6 Å². The summed E-state index contributed by atoms with van der Waals surface area (Å²) in [6.07, 6.45) is 0. The number of hydrogen-bond acceptors (Lipinski definition) is 9. The van der Waals surface area contributed by atoms with E-state index in [1.54, 1.807) is 44.2 Å². The molecule has 4 rings (SSSR count). The first-order valence-electron chi connectivity index (χ1n) is 11.4. The number of methoxy groups -OCH3 is 1. The summed E-state index contributed by atoms with van der Waals surface area (Å²) in [5.74, 6) is -4.43. The van der Waals surface area contributed by atoms with Gasteiger partial charge >= 0.3 is 11.9 Å². The van der Waals surface area contributed by atoms with Gasteiger partial charge in [0, 0.05) is 29.5 Å². The fourth-order valence-corrected chi connectivity index (χ4v) is 4.68. The van der Waals surface area contributed by atoms with Crippen LogP contribution in [0.1, 0.15) is 46.0 Å². The van der Waals surface area contributed by atoms with Crippen LogP contribution in [0.2, 0.25) is 0 Å². The van der Waals surface area contributed by atoms with E-state index in [1.165, 1.54) is 25.3 Å². The van der Waals surface area contributed by atoms with Crippen LogP contribution in [0.4, 0.5) is 5.69 Å². The Morgan fingerprint density at radius 2 is 1.70 bits per heavy atom. The normalized spacial score (nSPS) is 18.9. The van der Waals surface area contributed by atoms with E-state index in [-0.39, 0.29) is 41.2 Å². The maximum absolute atomic E-state index is 13.3. The van der Waals surface area contributed by atoms with Gasteiger partial charge in [-0.3, -0.25) is 34.4 Å². The lowest BCUT2D eigenvalue weighted by atomic mass is 9.75. The molecule has 0 saturated heterocycles. The van der Waals surface area contributed by atoms with E-state index in [0.717, 1.165) is 4.90 Å². The molecule has 0 fully saturated rings. The van der Waals surface area contributed by atoms with Gasteiger partial charge in [0.2, 0.25) is 0 Å². The number of nitro groups is 1. The molecule has 2 aliphatic rings. The topological polar surface area (TPSA) is 145 Å². The molecule has 0 radical (unpaired) electrons. The predicted octanol–water partition coefficient (Wildman–Crippen LogP) is 3.06. The number of nitro benzene ring substituents is 1. The summed E-state index contributed by atoms with van der Waals surface area (Å²) in [4.78, 5) is 67.3. The number of rotatable bonds is 7. The number of carbonyl (C=O) groups excluding carboxylic acids is 4. The number of carbonyl (C=O) groups is 4. The van der Waals surface area contributed by atoms with Gasteiger partial charge < -0.3 is 9.47 Å². The number of ether oxygens (including phenoxy) is 2. The van der Waals surface area contributed by atoms with Crippen LogP contribution in [0.5, 0.6) is 0 Å². The van der Waals surface area contributed by atoms with Crippen LogP contribution in [0, 0.1) is 16.0 Å². The molecule has 0 aliphatic carbocycles. The minimum Gasteiger partial charge on any atom is -0.468 e. The third-order valence-electron chi connectivity index (χ3n) is 6.37. The van der Waals surface area contributed by atoms with Gasteiger partial charge in [0.1, 0.15) is 12.5 Å². The molecule has 0 saturated carbocycles. The molecule has 37 heavy (non-hydrogen) atoms. The highest BCUT2D eigenvalue weighted by molar-refractivity contribution is 6.21. The zero-order chi connectivity index (χ0) is 26.9. The predicted molar refractivity (Wildman–Crippen MR) is 130 cm³/mol. The van der Waals surface area contributed by atoms with Gasteiger partial charge in [-0.1, -0.05) is 24.3 Å². The second kappa shape index (κ2) is 10.1. The molecule has 2 heterocycles. The van der Waals surface area contributed by atoms with Gasteiger partial charge in [-0.25, -0.2) is 4.79 Å². The maximum Gasteiger partial charge on any atom is 0.336 e. The second-order valence-corrected chi connectivity index (χ2v) is 8.53. The Morgan fingerprint density at radius 3 is 2.30 bits per heavy atom. The Bertz CT molecular complexity index is 1360. The van der Waals surface area contributed by atoms with E-state index in [1.807, 2.05) is 0 Å². The number of hydrogen-bond donors (Lipinski definition) is 0. The highest BCUT2D eigenvalue weighted by Crippen LogP contribution is 2.41. The van der Waals surface area contributed by atoms with E-state index in [4.69, 9.17) is 9.47 Å². The maximum atomic E-state index is 13.3. The van der Waals surface area contributed by atoms with E-state index in [0.29, 0.717) is 11.3 Å². The average Bonchev–Trinajstić information content (AvgIpc) is 3.12. The van der Waals surface area contributed by atoms with Crippen LogP contribution >= 0.6 is 0 Å². The lowest BCUT2D eigenvalue weighted by molar-refractivity contribution is -0.384. The second-order valence-electron chi connectivity index (χ2n) is 8.53. The Labute approximate surface area is 211 Å². The Balaban J connectivity index is 1.60. The molecule has 11 heteroatoms. The van der Waals surface area contributed by atoms with E-state index in [9.17, 15) is 29.3 Å². The number of non-ortho nitro benzene ring substituents is 1. The fourth-order valence-electron chi connectivity index (χ4n) is 4.68. The van der Waals surface area contributed by atoms with Crippen LogP contribution in [-0.4, -0.2) is 59.5 Å². The lowest BCUT2D eigenvalue weighted by Crippen LogP contribution is -2.37. The molecule has 2 amide bonds. The number of amides is 2. The zero-order valence-electron chi connectivity index (χ0n) is 20.3. The third-order valence-corrected chi connectivity index (χ3v) is 6.37. The number of imide groups is 1. The largest absolute Gasteiger partial charge is 0.468 e. The Morgan fingerprint density at radius 1 is 1.05 bits per heavy atom.